The van der Waals surface area contributed by atoms with E-state index < -0.39 is 23.4 Å². The number of nitro groups is 1. The third kappa shape index (κ3) is 5.67. The third-order valence-corrected chi connectivity index (χ3v) is 4.82. The molecule has 0 aliphatic carbocycles. The van der Waals surface area contributed by atoms with Crippen LogP contribution in [-0.2, 0) is 4.79 Å². The van der Waals surface area contributed by atoms with E-state index in [-0.39, 0.29) is 35.3 Å². The Labute approximate surface area is 204 Å². The van der Waals surface area contributed by atoms with E-state index in [1.807, 2.05) is 0 Å². The van der Waals surface area contributed by atoms with Crippen molar-refractivity contribution in [2.75, 3.05) is 20.5 Å². The molecule has 12 heteroatoms. The van der Waals surface area contributed by atoms with Crippen molar-refractivity contribution < 1.29 is 38.2 Å². The Balaban J connectivity index is 1.34. The van der Waals surface area contributed by atoms with E-state index in [0.29, 0.717) is 17.1 Å². The first-order valence-corrected chi connectivity index (χ1v) is 10.4. The van der Waals surface area contributed by atoms with Crippen molar-refractivity contribution in [2.24, 2.45) is 5.10 Å². The zero-order valence-corrected chi connectivity index (χ0v) is 18.8. The molecule has 3 aromatic carbocycles. The second-order valence-electron chi connectivity index (χ2n) is 7.17. The lowest BCUT2D eigenvalue weighted by molar-refractivity contribution is -0.385. The van der Waals surface area contributed by atoms with Crippen molar-refractivity contribution in [1.82, 2.24) is 5.43 Å². The van der Waals surface area contributed by atoms with E-state index in [4.69, 9.17) is 23.7 Å². The monoisotopic (exact) mass is 493 g/mol. The second kappa shape index (κ2) is 10.9. The lowest BCUT2D eigenvalue weighted by Gasteiger charge is -2.10. The molecule has 0 aromatic heterocycles. The zero-order chi connectivity index (χ0) is 25.5. The average Bonchev–Trinajstić information content (AvgIpc) is 3.36. The number of fused-ring (bicyclic) bond motifs is 1. The molecule has 0 fully saturated rings. The number of hydrogen-bond acceptors (Lipinski definition) is 10. The van der Waals surface area contributed by atoms with Crippen LogP contribution in [0.4, 0.5) is 5.69 Å². The molecule has 0 unspecified atom stereocenters. The minimum Gasteiger partial charge on any atom is -0.493 e. The van der Waals surface area contributed by atoms with Crippen LogP contribution in [0.25, 0.3) is 0 Å². The van der Waals surface area contributed by atoms with Gasteiger partial charge in [0.2, 0.25) is 6.79 Å². The predicted octanol–water partition coefficient (Wildman–Crippen LogP) is 3.08. The van der Waals surface area contributed by atoms with Crippen molar-refractivity contribution in [3.63, 3.8) is 0 Å². The van der Waals surface area contributed by atoms with E-state index in [0.717, 1.165) is 0 Å². The van der Waals surface area contributed by atoms with Gasteiger partial charge in [0.15, 0.2) is 35.4 Å². The van der Waals surface area contributed by atoms with Crippen molar-refractivity contribution in [3.05, 3.63) is 81.9 Å². The van der Waals surface area contributed by atoms with Gasteiger partial charge in [-0.25, -0.2) is 10.2 Å². The molecule has 4 rings (SSSR count). The number of hydrazone groups is 1. The van der Waals surface area contributed by atoms with Crippen LogP contribution in [0.2, 0.25) is 0 Å². The van der Waals surface area contributed by atoms with Gasteiger partial charge in [-0.1, -0.05) is 12.1 Å². The summed E-state index contributed by atoms with van der Waals surface area (Å²) in [6.07, 6.45) is 1.34. The molecule has 0 saturated heterocycles. The van der Waals surface area contributed by atoms with E-state index in [1.54, 1.807) is 30.3 Å². The number of carbonyl (C=O) groups is 2. The van der Waals surface area contributed by atoms with Gasteiger partial charge in [0.05, 0.1) is 23.8 Å². The number of methoxy groups -OCH3 is 1. The highest BCUT2D eigenvalue weighted by Gasteiger charge is 2.19. The predicted molar refractivity (Wildman–Crippen MR) is 125 cm³/mol. The summed E-state index contributed by atoms with van der Waals surface area (Å²) in [5.41, 5.74) is 2.83. The molecule has 1 aliphatic heterocycles. The fraction of sp³-hybridized carbons (Fsp3) is 0.125. The van der Waals surface area contributed by atoms with Crippen LogP contribution in [0.5, 0.6) is 28.7 Å². The van der Waals surface area contributed by atoms with Crippen LogP contribution in [0.15, 0.2) is 65.8 Å². The van der Waals surface area contributed by atoms with Crippen LogP contribution in [0.3, 0.4) is 0 Å². The summed E-state index contributed by atoms with van der Waals surface area (Å²) in [5.74, 6) is 0.186. The molecule has 1 heterocycles. The minimum absolute atomic E-state index is 0.0303. The molecule has 1 aliphatic rings. The minimum atomic E-state index is -0.620. The first-order valence-electron chi connectivity index (χ1n) is 10.4. The Bertz CT molecular complexity index is 1340. The molecule has 3 aromatic rings. The highest BCUT2D eigenvalue weighted by atomic mass is 16.7. The van der Waals surface area contributed by atoms with Crippen LogP contribution in [-0.4, -0.2) is 43.5 Å². The van der Waals surface area contributed by atoms with Gasteiger partial charge in [-0.15, -0.1) is 0 Å². The second-order valence-corrected chi connectivity index (χ2v) is 7.17. The van der Waals surface area contributed by atoms with Crippen LogP contribution in [0, 0.1) is 10.1 Å². The van der Waals surface area contributed by atoms with Gasteiger partial charge in [0.25, 0.3) is 5.91 Å². The molecule has 0 atom stereocenters. The van der Waals surface area contributed by atoms with Crippen molar-refractivity contribution >= 4 is 23.8 Å². The molecule has 1 N–H and O–H groups in total. The first kappa shape index (κ1) is 24.0. The number of hydrogen-bond donors (Lipinski definition) is 1. The topological polar surface area (TPSA) is 148 Å². The standard InChI is InChI=1S/C24H19N3O9/c1-32-21-10-15(12-25-26-23(28)13-33-18-5-3-2-4-17(18)27(30)31)6-8-20(21)36-24(29)16-7-9-19-22(11-16)35-14-34-19/h2-12H,13-14H2,1H3,(H,26,28)/b25-12-. The quantitative estimate of drug-likeness (QED) is 0.156. The van der Waals surface area contributed by atoms with Crippen LogP contribution in [0.1, 0.15) is 15.9 Å². The zero-order valence-electron chi connectivity index (χ0n) is 18.8. The summed E-state index contributed by atoms with van der Waals surface area (Å²) in [6.45, 7) is -0.381. The summed E-state index contributed by atoms with van der Waals surface area (Å²) in [6, 6.07) is 15.1. The molecule has 0 spiro atoms. The van der Waals surface area contributed by atoms with Crippen molar-refractivity contribution in [1.29, 1.82) is 0 Å². The Morgan fingerprint density at radius 1 is 1.06 bits per heavy atom. The number of carbonyl (C=O) groups excluding carboxylic acids is 2. The lowest BCUT2D eigenvalue weighted by Crippen LogP contribution is -2.24. The number of benzene rings is 3. The molecule has 0 saturated carbocycles. The smallest absolute Gasteiger partial charge is 0.343 e. The average molecular weight is 493 g/mol. The van der Waals surface area contributed by atoms with Gasteiger partial charge in [-0.05, 0) is 48.0 Å². The van der Waals surface area contributed by atoms with Gasteiger partial charge in [0, 0.05) is 6.07 Å². The number of nitrogens with zero attached hydrogens (tertiary/aromatic N) is 2. The third-order valence-electron chi connectivity index (χ3n) is 4.82. The summed E-state index contributed by atoms with van der Waals surface area (Å²) in [5, 5.41) is 14.8. The molecule has 1 amide bonds. The number of esters is 1. The van der Waals surface area contributed by atoms with Crippen molar-refractivity contribution in [2.45, 2.75) is 0 Å². The van der Waals surface area contributed by atoms with Crippen molar-refractivity contribution in [3.8, 4) is 28.7 Å². The fourth-order valence-electron chi connectivity index (χ4n) is 3.12. The van der Waals surface area contributed by atoms with Gasteiger partial charge < -0.3 is 23.7 Å². The maximum atomic E-state index is 12.5. The molecular formula is C24H19N3O9. The van der Waals surface area contributed by atoms with E-state index in [9.17, 15) is 19.7 Å². The maximum absolute atomic E-state index is 12.5. The molecule has 0 bridgehead atoms. The van der Waals surface area contributed by atoms with Gasteiger partial charge >= 0.3 is 11.7 Å². The number of nitrogens with one attached hydrogen (secondary N) is 1. The Hall–Kier alpha value is -5.13. The highest BCUT2D eigenvalue weighted by Crippen LogP contribution is 2.34. The summed E-state index contributed by atoms with van der Waals surface area (Å²) >= 11 is 0. The molecule has 36 heavy (non-hydrogen) atoms. The number of rotatable bonds is 9. The Kier molecular flexibility index (Phi) is 7.25. The van der Waals surface area contributed by atoms with Crippen LogP contribution >= 0.6 is 0 Å². The normalized spacial score (nSPS) is 11.7. The Morgan fingerprint density at radius 3 is 2.67 bits per heavy atom. The highest BCUT2D eigenvalue weighted by molar-refractivity contribution is 5.92. The van der Waals surface area contributed by atoms with Gasteiger partial charge in [-0.2, -0.15) is 5.10 Å². The maximum Gasteiger partial charge on any atom is 0.343 e. The summed E-state index contributed by atoms with van der Waals surface area (Å²) < 4.78 is 26.4. The van der Waals surface area contributed by atoms with Crippen LogP contribution < -0.4 is 29.1 Å². The van der Waals surface area contributed by atoms with Gasteiger partial charge in [0.1, 0.15) is 0 Å². The van der Waals surface area contributed by atoms with Gasteiger partial charge in [-0.3, -0.25) is 14.9 Å². The SMILES string of the molecule is COc1cc(/C=N\NC(=O)COc2ccccc2[N+](=O)[O-])ccc1OC(=O)c1ccc2c(c1)OCO2. The number of para-hydroxylation sites is 2. The van der Waals surface area contributed by atoms with E-state index in [1.165, 1.54) is 43.7 Å². The summed E-state index contributed by atoms with van der Waals surface area (Å²) in [4.78, 5) is 34.9. The largest absolute Gasteiger partial charge is 0.493 e. The van der Waals surface area contributed by atoms with E-state index >= 15 is 0 Å². The first-order chi connectivity index (χ1) is 17.4. The molecule has 0 radical (unpaired) electrons. The number of amides is 1. The number of ether oxygens (including phenoxy) is 5. The Morgan fingerprint density at radius 2 is 1.86 bits per heavy atom. The molecule has 184 valence electrons. The lowest BCUT2D eigenvalue weighted by atomic mass is 10.2. The summed E-state index contributed by atoms with van der Waals surface area (Å²) in [7, 11) is 1.41. The molecular weight excluding hydrogens is 474 g/mol. The fourth-order valence-corrected chi connectivity index (χ4v) is 3.12. The molecule has 12 nitrogen and oxygen atoms in total. The van der Waals surface area contributed by atoms with E-state index in [2.05, 4.69) is 10.5 Å². The number of nitro benzene ring substituents is 1.